The Bertz CT molecular complexity index is 829. The van der Waals surface area contributed by atoms with Crippen LogP contribution in [0.5, 0.6) is 0 Å². The molecule has 1 aliphatic heterocycles. The van der Waals surface area contributed by atoms with Gasteiger partial charge in [-0.1, -0.05) is 6.07 Å². The number of amides is 2. The summed E-state index contributed by atoms with van der Waals surface area (Å²) in [6.45, 7) is 1.98. The molecule has 0 aliphatic carbocycles. The van der Waals surface area contributed by atoms with Gasteiger partial charge in [0.1, 0.15) is 0 Å². The number of nitrogens with one attached hydrogen (secondary N) is 2. The molecule has 1 heterocycles. The van der Waals surface area contributed by atoms with Crippen molar-refractivity contribution >= 4 is 28.9 Å². The molecule has 0 saturated carbocycles. The van der Waals surface area contributed by atoms with Crippen molar-refractivity contribution in [1.29, 1.82) is 0 Å². The van der Waals surface area contributed by atoms with Gasteiger partial charge in [0.15, 0.2) is 0 Å². The molecule has 1 saturated heterocycles. The Morgan fingerprint density at radius 2 is 1.44 bits per heavy atom. The molecule has 1 fully saturated rings. The molecule has 2 amide bonds. The van der Waals surface area contributed by atoms with Crippen LogP contribution in [0, 0.1) is 0 Å². The lowest BCUT2D eigenvalue weighted by Gasteiger charge is -2.17. The van der Waals surface area contributed by atoms with Crippen LogP contribution >= 0.6 is 0 Å². The maximum absolute atomic E-state index is 12.7. The molecule has 1 aliphatic rings. The summed E-state index contributed by atoms with van der Waals surface area (Å²) in [6.07, 6.45) is -2.23. The molecule has 0 radical (unpaired) electrons. The molecular weight excluding hydrogens is 359 g/mol. The second kappa shape index (κ2) is 7.69. The third-order valence-electron chi connectivity index (χ3n) is 4.25. The van der Waals surface area contributed by atoms with Gasteiger partial charge in [0.2, 0.25) is 0 Å². The van der Waals surface area contributed by atoms with Gasteiger partial charge in [-0.15, -0.1) is 0 Å². The predicted octanol–water partition coefficient (Wildman–Crippen LogP) is 3.88. The summed E-state index contributed by atoms with van der Waals surface area (Å²) in [6, 6.07) is 11.2. The summed E-state index contributed by atoms with van der Waals surface area (Å²) in [5, 5.41) is 4.60. The zero-order valence-electron chi connectivity index (χ0n) is 14.3. The molecule has 0 aromatic heterocycles. The van der Waals surface area contributed by atoms with Crippen molar-refractivity contribution in [1.82, 2.24) is 0 Å². The third-order valence-corrected chi connectivity index (χ3v) is 4.25. The number of nitrogens with zero attached hydrogens (tertiary/aromatic N) is 1. The highest BCUT2D eigenvalue weighted by Crippen LogP contribution is 2.30. The van der Waals surface area contributed by atoms with Crippen molar-refractivity contribution in [3.05, 3.63) is 54.1 Å². The number of alkyl halides is 3. The lowest BCUT2D eigenvalue weighted by Crippen LogP contribution is -2.29. The van der Waals surface area contributed by atoms with Gasteiger partial charge < -0.3 is 15.5 Å². The van der Waals surface area contributed by atoms with Gasteiger partial charge in [-0.05, 0) is 55.3 Å². The molecule has 142 valence electrons. The van der Waals surface area contributed by atoms with E-state index < -0.39 is 23.6 Å². The van der Waals surface area contributed by atoms with E-state index in [1.807, 2.05) is 12.1 Å². The first-order chi connectivity index (χ1) is 12.8. The molecule has 2 aromatic rings. The van der Waals surface area contributed by atoms with E-state index in [1.165, 1.54) is 6.07 Å². The second-order valence-electron chi connectivity index (χ2n) is 6.23. The zero-order valence-corrected chi connectivity index (χ0v) is 14.3. The first kappa shape index (κ1) is 18.8. The van der Waals surface area contributed by atoms with Crippen molar-refractivity contribution in [2.75, 3.05) is 28.6 Å². The summed E-state index contributed by atoms with van der Waals surface area (Å²) in [5.41, 5.74) is 0.466. The third kappa shape index (κ3) is 4.78. The van der Waals surface area contributed by atoms with Crippen molar-refractivity contribution in [3.63, 3.8) is 0 Å². The molecular formula is C19H18F3N3O2. The van der Waals surface area contributed by atoms with E-state index in [2.05, 4.69) is 15.5 Å². The number of benzene rings is 2. The fraction of sp³-hybridized carbons (Fsp3) is 0.263. The molecule has 8 heteroatoms. The summed E-state index contributed by atoms with van der Waals surface area (Å²) >= 11 is 0. The van der Waals surface area contributed by atoms with Crippen molar-refractivity contribution in [2.24, 2.45) is 0 Å². The average molecular weight is 377 g/mol. The number of rotatable bonds is 3. The van der Waals surface area contributed by atoms with E-state index in [-0.39, 0.29) is 5.69 Å². The second-order valence-corrected chi connectivity index (χ2v) is 6.23. The van der Waals surface area contributed by atoms with Crippen LogP contribution in [-0.2, 0) is 15.8 Å². The number of anilines is 3. The van der Waals surface area contributed by atoms with Crippen LogP contribution in [0.15, 0.2) is 48.5 Å². The van der Waals surface area contributed by atoms with Gasteiger partial charge in [-0.3, -0.25) is 9.59 Å². The highest BCUT2D eigenvalue weighted by Gasteiger charge is 2.30. The van der Waals surface area contributed by atoms with E-state index in [0.717, 1.165) is 49.8 Å². The Labute approximate surface area is 154 Å². The molecule has 3 rings (SSSR count). The highest BCUT2D eigenvalue weighted by molar-refractivity contribution is 6.43. The minimum atomic E-state index is -4.53. The van der Waals surface area contributed by atoms with Crippen LogP contribution in [-0.4, -0.2) is 24.9 Å². The van der Waals surface area contributed by atoms with Crippen LogP contribution in [0.4, 0.5) is 30.2 Å². The first-order valence-electron chi connectivity index (χ1n) is 8.47. The standard InChI is InChI=1S/C19H18F3N3O2/c20-19(21,22)13-4-3-5-15(12-13)24-18(27)17(26)23-14-6-8-16(9-7-14)25-10-1-2-11-25/h3-9,12H,1-2,10-11H2,(H,23,26)(H,24,27). The molecule has 0 unspecified atom stereocenters. The van der Waals surface area contributed by atoms with Gasteiger partial charge in [0.25, 0.3) is 0 Å². The number of halogens is 3. The zero-order chi connectivity index (χ0) is 19.4. The molecule has 27 heavy (non-hydrogen) atoms. The van der Waals surface area contributed by atoms with Crippen LogP contribution in [0.25, 0.3) is 0 Å². The molecule has 5 nitrogen and oxygen atoms in total. The van der Waals surface area contributed by atoms with Crippen LogP contribution < -0.4 is 15.5 Å². The van der Waals surface area contributed by atoms with E-state index >= 15 is 0 Å². The van der Waals surface area contributed by atoms with E-state index in [1.54, 1.807) is 12.1 Å². The van der Waals surface area contributed by atoms with Gasteiger partial charge in [-0.2, -0.15) is 13.2 Å². The summed E-state index contributed by atoms with van der Waals surface area (Å²) in [5.74, 6) is -2.00. The Morgan fingerprint density at radius 3 is 2.04 bits per heavy atom. The molecule has 0 bridgehead atoms. The average Bonchev–Trinajstić information content (AvgIpc) is 3.16. The van der Waals surface area contributed by atoms with Gasteiger partial charge >= 0.3 is 18.0 Å². The van der Waals surface area contributed by atoms with E-state index in [0.29, 0.717) is 5.69 Å². The smallest absolute Gasteiger partial charge is 0.372 e. The monoisotopic (exact) mass is 377 g/mol. The summed E-state index contributed by atoms with van der Waals surface area (Å²) in [7, 11) is 0. The topological polar surface area (TPSA) is 61.4 Å². The molecule has 0 atom stereocenters. The minimum absolute atomic E-state index is 0.102. The van der Waals surface area contributed by atoms with Gasteiger partial charge in [0, 0.05) is 30.2 Å². The molecule has 2 N–H and O–H groups in total. The van der Waals surface area contributed by atoms with Crippen molar-refractivity contribution in [3.8, 4) is 0 Å². The SMILES string of the molecule is O=C(Nc1ccc(N2CCCC2)cc1)C(=O)Nc1cccc(C(F)(F)F)c1. The number of carbonyl (C=O) groups excluding carboxylic acids is 2. The lowest BCUT2D eigenvalue weighted by molar-refractivity contribution is -0.137. The summed E-state index contributed by atoms with van der Waals surface area (Å²) < 4.78 is 38.1. The fourth-order valence-electron chi connectivity index (χ4n) is 2.88. The van der Waals surface area contributed by atoms with Crippen LogP contribution in [0.3, 0.4) is 0 Å². The Kier molecular flexibility index (Phi) is 5.34. The normalized spacial score (nSPS) is 14.1. The maximum Gasteiger partial charge on any atom is 0.416 e. The molecule has 2 aromatic carbocycles. The van der Waals surface area contributed by atoms with Crippen LogP contribution in [0.2, 0.25) is 0 Å². The van der Waals surface area contributed by atoms with E-state index in [9.17, 15) is 22.8 Å². The van der Waals surface area contributed by atoms with E-state index in [4.69, 9.17) is 0 Å². The highest BCUT2D eigenvalue weighted by atomic mass is 19.4. The number of hydrogen-bond acceptors (Lipinski definition) is 3. The minimum Gasteiger partial charge on any atom is -0.372 e. The van der Waals surface area contributed by atoms with Crippen molar-refractivity contribution in [2.45, 2.75) is 19.0 Å². The number of hydrogen-bond donors (Lipinski definition) is 2. The van der Waals surface area contributed by atoms with Gasteiger partial charge in [-0.25, -0.2) is 0 Å². The van der Waals surface area contributed by atoms with Gasteiger partial charge in [0.05, 0.1) is 5.56 Å². The largest absolute Gasteiger partial charge is 0.416 e. The summed E-state index contributed by atoms with van der Waals surface area (Å²) in [4.78, 5) is 26.2. The quantitative estimate of drug-likeness (QED) is 0.798. The lowest BCUT2D eigenvalue weighted by atomic mass is 10.2. The first-order valence-corrected chi connectivity index (χ1v) is 8.47. The fourth-order valence-corrected chi connectivity index (χ4v) is 2.88. The predicted molar refractivity (Wildman–Crippen MR) is 96.6 cm³/mol. The van der Waals surface area contributed by atoms with Crippen LogP contribution in [0.1, 0.15) is 18.4 Å². The Morgan fingerprint density at radius 1 is 0.852 bits per heavy atom. The molecule has 0 spiro atoms. The Balaban J connectivity index is 1.60. The van der Waals surface area contributed by atoms with Crippen molar-refractivity contribution < 1.29 is 22.8 Å². The Hall–Kier alpha value is -3.03. The maximum atomic E-state index is 12.7. The number of carbonyl (C=O) groups is 2.